The highest BCUT2D eigenvalue weighted by Gasteiger charge is 1.94. The zero-order chi connectivity index (χ0) is 16.1. The Balaban J connectivity index is 2.92. The maximum atomic E-state index is 5.50. The van der Waals surface area contributed by atoms with Crippen molar-refractivity contribution >= 4 is 0 Å². The van der Waals surface area contributed by atoms with Crippen molar-refractivity contribution in [1.82, 2.24) is 0 Å². The highest BCUT2D eigenvalue weighted by atomic mass is 14.5. The molecule has 0 aromatic rings. The molecular weight excluding hydrogens is 266 g/mol. The summed E-state index contributed by atoms with van der Waals surface area (Å²) in [6.45, 7) is 4.64. The predicted molar refractivity (Wildman–Crippen MR) is 102 cm³/mol. The Hall–Kier alpha value is -0.300. The van der Waals surface area contributed by atoms with Crippen molar-refractivity contribution in [3.8, 4) is 0 Å². The first-order chi connectivity index (χ1) is 10.9. The van der Waals surface area contributed by atoms with E-state index < -0.39 is 0 Å². The second-order valence-electron chi connectivity index (χ2n) is 6.88. The fraction of sp³-hybridized carbons (Fsp3) is 0.905. The van der Waals surface area contributed by atoms with Gasteiger partial charge in [-0.1, -0.05) is 102 Å². The lowest BCUT2D eigenvalue weighted by atomic mass is 10.0. The van der Waals surface area contributed by atoms with Gasteiger partial charge in [0.2, 0.25) is 0 Å². The second kappa shape index (κ2) is 20.7. The Morgan fingerprint density at radius 3 is 1.00 bits per heavy atom. The summed E-state index contributed by atoms with van der Waals surface area (Å²) < 4.78 is 0. The van der Waals surface area contributed by atoms with Gasteiger partial charge in [-0.2, -0.15) is 0 Å². The summed E-state index contributed by atoms with van der Waals surface area (Å²) >= 11 is 0. The van der Waals surface area contributed by atoms with Gasteiger partial charge in [-0.3, -0.25) is 0 Å². The summed E-state index contributed by atoms with van der Waals surface area (Å²) in [5.74, 6) is 0. The monoisotopic (exact) mass is 309 g/mol. The van der Waals surface area contributed by atoms with Crippen LogP contribution in [0.15, 0.2) is 12.7 Å². The van der Waals surface area contributed by atoms with Gasteiger partial charge in [0.15, 0.2) is 0 Å². The lowest BCUT2D eigenvalue weighted by Gasteiger charge is -2.03. The van der Waals surface area contributed by atoms with Crippen molar-refractivity contribution in [3.63, 3.8) is 0 Å². The molecule has 2 N–H and O–H groups in total. The molecule has 0 aromatic carbocycles. The minimum Gasteiger partial charge on any atom is -0.330 e. The first-order valence-corrected chi connectivity index (χ1v) is 10.2. The molecule has 1 nitrogen and oxygen atoms in total. The van der Waals surface area contributed by atoms with E-state index in [9.17, 15) is 0 Å². The molecule has 0 saturated carbocycles. The first kappa shape index (κ1) is 21.7. The van der Waals surface area contributed by atoms with E-state index in [0.29, 0.717) is 0 Å². The number of allylic oxidation sites excluding steroid dienone is 1. The molecule has 0 aliphatic carbocycles. The molecule has 0 atom stereocenters. The molecule has 1 heteroatoms. The molecule has 0 bridgehead atoms. The summed E-state index contributed by atoms with van der Waals surface area (Å²) in [6, 6.07) is 0. The van der Waals surface area contributed by atoms with Crippen molar-refractivity contribution < 1.29 is 0 Å². The van der Waals surface area contributed by atoms with Crippen molar-refractivity contribution in [2.45, 2.75) is 116 Å². The van der Waals surface area contributed by atoms with Crippen LogP contribution in [-0.4, -0.2) is 6.54 Å². The highest BCUT2D eigenvalue weighted by molar-refractivity contribution is 4.65. The Bertz CT molecular complexity index is 200. The van der Waals surface area contributed by atoms with Crippen LogP contribution < -0.4 is 5.73 Å². The van der Waals surface area contributed by atoms with E-state index in [4.69, 9.17) is 5.73 Å². The van der Waals surface area contributed by atoms with Crippen LogP contribution in [0, 0.1) is 0 Å². The number of rotatable bonds is 19. The summed E-state index contributed by atoms with van der Waals surface area (Å²) in [7, 11) is 0. The van der Waals surface area contributed by atoms with Crippen LogP contribution >= 0.6 is 0 Å². The number of unbranched alkanes of at least 4 members (excludes halogenated alkanes) is 17. The maximum Gasteiger partial charge on any atom is -0.00773 e. The van der Waals surface area contributed by atoms with Crippen LogP contribution in [0.3, 0.4) is 0 Å². The van der Waals surface area contributed by atoms with Crippen LogP contribution in [0.2, 0.25) is 0 Å². The van der Waals surface area contributed by atoms with Crippen LogP contribution in [-0.2, 0) is 0 Å². The standard InChI is InChI=1S/C21H43N/c1-2-3-4-5-6-7-8-9-10-11-12-13-14-15-16-17-18-19-20-21-22/h2H,1,3-22H2. The van der Waals surface area contributed by atoms with Crippen LogP contribution in [0.4, 0.5) is 0 Å². The molecular formula is C21H43N. The average Bonchev–Trinajstić information content (AvgIpc) is 2.54. The fourth-order valence-corrected chi connectivity index (χ4v) is 3.08. The number of hydrogen-bond acceptors (Lipinski definition) is 1. The van der Waals surface area contributed by atoms with Crippen LogP contribution in [0.25, 0.3) is 0 Å². The Kier molecular flexibility index (Phi) is 20.4. The maximum absolute atomic E-state index is 5.50. The molecule has 0 radical (unpaired) electrons. The van der Waals surface area contributed by atoms with Crippen LogP contribution in [0.1, 0.15) is 116 Å². The molecule has 0 aromatic heterocycles. The lowest BCUT2D eigenvalue weighted by Crippen LogP contribution is -1.97. The molecule has 0 aliphatic heterocycles. The smallest absolute Gasteiger partial charge is 0.00773 e. The van der Waals surface area contributed by atoms with Gasteiger partial charge < -0.3 is 5.73 Å². The van der Waals surface area contributed by atoms with E-state index in [2.05, 4.69) is 6.58 Å². The average molecular weight is 310 g/mol. The van der Waals surface area contributed by atoms with Gasteiger partial charge in [-0.15, -0.1) is 6.58 Å². The van der Waals surface area contributed by atoms with Gasteiger partial charge in [0.1, 0.15) is 0 Å². The Morgan fingerprint density at radius 1 is 0.455 bits per heavy atom. The number of nitrogens with two attached hydrogens (primary N) is 1. The van der Waals surface area contributed by atoms with Crippen molar-refractivity contribution in [3.05, 3.63) is 12.7 Å². The normalized spacial score (nSPS) is 11.0. The van der Waals surface area contributed by atoms with Crippen LogP contribution in [0.5, 0.6) is 0 Å². The lowest BCUT2D eigenvalue weighted by molar-refractivity contribution is 0.526. The van der Waals surface area contributed by atoms with Crippen molar-refractivity contribution in [1.29, 1.82) is 0 Å². The highest BCUT2D eigenvalue weighted by Crippen LogP contribution is 2.14. The minimum absolute atomic E-state index is 0.870. The molecule has 0 fully saturated rings. The minimum atomic E-state index is 0.870. The van der Waals surface area contributed by atoms with E-state index in [1.165, 1.54) is 116 Å². The predicted octanol–water partition coefficient (Wildman–Crippen LogP) is 7.15. The zero-order valence-electron chi connectivity index (χ0n) is 15.3. The SMILES string of the molecule is C=CCCCCCCCCCCCCCCCCCCCN. The fourth-order valence-electron chi connectivity index (χ4n) is 3.08. The van der Waals surface area contributed by atoms with Crippen molar-refractivity contribution in [2.75, 3.05) is 6.54 Å². The van der Waals surface area contributed by atoms with Gasteiger partial charge in [-0.05, 0) is 25.8 Å². The van der Waals surface area contributed by atoms with E-state index in [1.54, 1.807) is 0 Å². The van der Waals surface area contributed by atoms with Gasteiger partial charge in [-0.25, -0.2) is 0 Å². The van der Waals surface area contributed by atoms with E-state index in [1.807, 2.05) is 6.08 Å². The molecule has 0 unspecified atom stereocenters. The summed E-state index contributed by atoms with van der Waals surface area (Å²) in [4.78, 5) is 0. The summed E-state index contributed by atoms with van der Waals surface area (Å²) in [6.07, 6.45) is 27.4. The van der Waals surface area contributed by atoms with E-state index in [-0.39, 0.29) is 0 Å². The van der Waals surface area contributed by atoms with E-state index >= 15 is 0 Å². The molecule has 0 heterocycles. The molecule has 0 spiro atoms. The van der Waals surface area contributed by atoms with Gasteiger partial charge in [0, 0.05) is 0 Å². The molecule has 0 aliphatic rings. The topological polar surface area (TPSA) is 26.0 Å². The Labute approximate surface area is 141 Å². The van der Waals surface area contributed by atoms with E-state index in [0.717, 1.165) is 6.54 Å². The zero-order valence-corrected chi connectivity index (χ0v) is 15.3. The summed E-state index contributed by atoms with van der Waals surface area (Å²) in [5.41, 5.74) is 5.50. The molecule has 0 amide bonds. The summed E-state index contributed by atoms with van der Waals surface area (Å²) in [5, 5.41) is 0. The van der Waals surface area contributed by atoms with Crippen molar-refractivity contribution in [2.24, 2.45) is 5.73 Å². The second-order valence-corrected chi connectivity index (χ2v) is 6.88. The third-order valence-electron chi connectivity index (χ3n) is 4.61. The largest absolute Gasteiger partial charge is 0.330 e. The molecule has 132 valence electrons. The van der Waals surface area contributed by atoms with Gasteiger partial charge in [0.05, 0.1) is 0 Å². The molecule has 0 saturated heterocycles. The number of hydrogen-bond donors (Lipinski definition) is 1. The third kappa shape index (κ3) is 19.7. The van der Waals surface area contributed by atoms with Gasteiger partial charge >= 0.3 is 0 Å². The first-order valence-electron chi connectivity index (χ1n) is 10.2. The molecule has 22 heavy (non-hydrogen) atoms. The third-order valence-corrected chi connectivity index (χ3v) is 4.61. The molecule has 0 rings (SSSR count). The quantitative estimate of drug-likeness (QED) is 0.199. The van der Waals surface area contributed by atoms with Gasteiger partial charge in [0.25, 0.3) is 0 Å². The Morgan fingerprint density at radius 2 is 0.727 bits per heavy atom.